The number of amides is 1. The molecule has 162 valence electrons. The number of aromatic nitrogens is 1. The van der Waals surface area contributed by atoms with Crippen LogP contribution in [0, 0.1) is 11.6 Å². The Balaban J connectivity index is 1.97. The van der Waals surface area contributed by atoms with Gasteiger partial charge in [-0.2, -0.15) is 0 Å². The summed E-state index contributed by atoms with van der Waals surface area (Å²) in [5, 5.41) is 11.2. The van der Waals surface area contributed by atoms with Gasteiger partial charge in [0.05, 0.1) is 23.4 Å². The molecule has 1 aliphatic heterocycles. The number of methoxy groups -OCH3 is 1. The third-order valence-corrected chi connectivity index (χ3v) is 5.35. The van der Waals surface area contributed by atoms with Crippen molar-refractivity contribution in [2.75, 3.05) is 12.0 Å². The Bertz CT molecular complexity index is 1260. The number of benzene rings is 2. The van der Waals surface area contributed by atoms with Gasteiger partial charge in [-0.25, -0.2) is 8.78 Å². The summed E-state index contributed by atoms with van der Waals surface area (Å²) >= 11 is 6.23. The fraction of sp³-hybridized carbons (Fsp3) is 0.0870. The first-order valence-electron chi connectivity index (χ1n) is 9.34. The maximum Gasteiger partial charge on any atom is 0.300 e. The Kier molecular flexibility index (Phi) is 5.63. The fourth-order valence-electron chi connectivity index (χ4n) is 3.51. The molecule has 4 rings (SSSR count). The molecule has 2 heterocycles. The molecule has 1 unspecified atom stereocenters. The molecule has 1 fully saturated rings. The van der Waals surface area contributed by atoms with Gasteiger partial charge < -0.3 is 9.84 Å². The van der Waals surface area contributed by atoms with Crippen LogP contribution in [0.5, 0.6) is 5.75 Å². The summed E-state index contributed by atoms with van der Waals surface area (Å²) in [6.07, 6.45) is 1.44. The third kappa shape index (κ3) is 3.58. The van der Waals surface area contributed by atoms with Gasteiger partial charge in [-0.3, -0.25) is 19.5 Å². The molecule has 9 heteroatoms. The molecular formula is C23H15ClF2N2O4. The average molecular weight is 457 g/mol. The van der Waals surface area contributed by atoms with Crippen molar-refractivity contribution in [1.29, 1.82) is 0 Å². The minimum absolute atomic E-state index is 0.0650. The molecule has 1 aliphatic rings. The van der Waals surface area contributed by atoms with Crippen LogP contribution in [0.15, 0.2) is 66.4 Å². The molecule has 1 atom stereocenters. The lowest BCUT2D eigenvalue weighted by molar-refractivity contribution is -0.132. The molecule has 1 aromatic heterocycles. The number of hydrogen-bond donors (Lipinski definition) is 1. The minimum Gasteiger partial charge on any atom is -0.507 e. The van der Waals surface area contributed by atoms with Gasteiger partial charge in [0, 0.05) is 23.5 Å². The number of aliphatic hydroxyl groups excluding tert-OH is 1. The molecule has 1 saturated heterocycles. The van der Waals surface area contributed by atoms with Crippen molar-refractivity contribution in [3.63, 3.8) is 0 Å². The van der Waals surface area contributed by atoms with Gasteiger partial charge >= 0.3 is 0 Å². The molecule has 1 amide bonds. The van der Waals surface area contributed by atoms with E-state index >= 15 is 0 Å². The van der Waals surface area contributed by atoms with Crippen LogP contribution >= 0.6 is 11.6 Å². The largest absolute Gasteiger partial charge is 0.507 e. The van der Waals surface area contributed by atoms with Crippen LogP contribution in [0.3, 0.4) is 0 Å². The first-order valence-corrected chi connectivity index (χ1v) is 9.72. The molecule has 6 nitrogen and oxygen atoms in total. The van der Waals surface area contributed by atoms with Crippen molar-refractivity contribution in [2.24, 2.45) is 0 Å². The number of carbonyl (C=O) groups excluding carboxylic acids is 2. The van der Waals surface area contributed by atoms with E-state index in [1.807, 2.05) is 0 Å². The van der Waals surface area contributed by atoms with E-state index in [9.17, 15) is 23.5 Å². The molecule has 0 radical (unpaired) electrons. The molecule has 0 spiro atoms. The number of ketones is 1. The second-order valence-electron chi connectivity index (χ2n) is 6.87. The van der Waals surface area contributed by atoms with Crippen molar-refractivity contribution in [3.8, 4) is 5.75 Å². The van der Waals surface area contributed by atoms with Gasteiger partial charge in [-0.1, -0.05) is 17.7 Å². The molecule has 0 bridgehead atoms. The smallest absolute Gasteiger partial charge is 0.300 e. The molecule has 32 heavy (non-hydrogen) atoms. The van der Waals surface area contributed by atoms with Gasteiger partial charge in [-0.15, -0.1) is 0 Å². The zero-order valence-corrected chi connectivity index (χ0v) is 17.3. The topological polar surface area (TPSA) is 79.7 Å². The standard InChI is InChI=1S/C23H15ClF2N2O4/c1-32-13-6-7-15(24)14(11-13)21(29)19-20(18-4-2-3-9-27-18)28(23(31)22(19)30)12-5-8-16(25)17(26)10-12/h2-11,20,29H,1H3/b21-19+. The van der Waals surface area contributed by atoms with E-state index in [4.69, 9.17) is 16.3 Å². The Morgan fingerprint density at radius 2 is 1.88 bits per heavy atom. The van der Waals surface area contributed by atoms with Gasteiger partial charge in [0.2, 0.25) is 0 Å². The number of ether oxygens (including phenoxy) is 1. The number of nitrogens with zero attached hydrogens (tertiary/aromatic N) is 2. The van der Waals surface area contributed by atoms with E-state index in [1.165, 1.54) is 25.4 Å². The maximum absolute atomic E-state index is 13.9. The van der Waals surface area contributed by atoms with Gasteiger partial charge in [-0.05, 0) is 42.5 Å². The predicted octanol–water partition coefficient (Wildman–Crippen LogP) is 4.65. The van der Waals surface area contributed by atoms with Crippen molar-refractivity contribution in [1.82, 2.24) is 4.98 Å². The van der Waals surface area contributed by atoms with Crippen molar-refractivity contribution in [3.05, 3.63) is 94.3 Å². The summed E-state index contributed by atoms with van der Waals surface area (Å²) in [6, 6.07) is 10.9. The highest BCUT2D eigenvalue weighted by atomic mass is 35.5. The summed E-state index contributed by atoms with van der Waals surface area (Å²) in [5.41, 5.74) is -0.0711. The minimum atomic E-state index is -1.21. The van der Waals surface area contributed by atoms with Gasteiger partial charge in [0.25, 0.3) is 11.7 Å². The number of hydrogen-bond acceptors (Lipinski definition) is 5. The molecular weight excluding hydrogens is 442 g/mol. The van der Waals surface area contributed by atoms with E-state index in [-0.39, 0.29) is 27.5 Å². The Hall–Kier alpha value is -3.78. The summed E-state index contributed by atoms with van der Waals surface area (Å²) in [4.78, 5) is 31.2. The van der Waals surface area contributed by atoms with E-state index in [0.717, 1.165) is 23.1 Å². The van der Waals surface area contributed by atoms with E-state index in [1.54, 1.807) is 24.3 Å². The van der Waals surface area contributed by atoms with Gasteiger partial charge in [0.15, 0.2) is 11.6 Å². The number of halogens is 3. The molecule has 0 aliphatic carbocycles. The normalized spacial score (nSPS) is 17.6. The monoisotopic (exact) mass is 456 g/mol. The number of rotatable bonds is 4. The van der Waals surface area contributed by atoms with Crippen LogP contribution in [-0.2, 0) is 9.59 Å². The molecule has 2 aromatic carbocycles. The number of pyridine rings is 1. The Morgan fingerprint density at radius 1 is 1.09 bits per heavy atom. The fourth-order valence-corrected chi connectivity index (χ4v) is 3.72. The first-order chi connectivity index (χ1) is 15.3. The summed E-state index contributed by atoms with van der Waals surface area (Å²) in [6.45, 7) is 0. The first kappa shape index (κ1) is 21.5. The van der Waals surface area contributed by atoms with Crippen molar-refractivity contribution in [2.45, 2.75) is 6.04 Å². The summed E-state index contributed by atoms with van der Waals surface area (Å²) in [7, 11) is 1.42. The van der Waals surface area contributed by atoms with E-state index in [0.29, 0.717) is 5.75 Å². The summed E-state index contributed by atoms with van der Waals surface area (Å²) < 4.78 is 32.6. The lowest BCUT2D eigenvalue weighted by Gasteiger charge is -2.24. The van der Waals surface area contributed by atoms with E-state index < -0.39 is 35.1 Å². The lowest BCUT2D eigenvalue weighted by Crippen LogP contribution is -2.30. The van der Waals surface area contributed by atoms with Crippen LogP contribution in [0.2, 0.25) is 5.02 Å². The third-order valence-electron chi connectivity index (χ3n) is 5.02. The second-order valence-corrected chi connectivity index (χ2v) is 7.28. The van der Waals surface area contributed by atoms with Crippen molar-refractivity contribution >= 4 is 34.7 Å². The number of carbonyl (C=O) groups is 2. The quantitative estimate of drug-likeness (QED) is 0.351. The molecule has 1 N–H and O–H groups in total. The molecule has 3 aromatic rings. The van der Waals surface area contributed by atoms with Crippen LogP contribution < -0.4 is 9.64 Å². The Labute approximate surface area is 186 Å². The zero-order valence-electron chi connectivity index (χ0n) is 16.6. The van der Waals surface area contributed by atoms with Crippen LogP contribution in [0.25, 0.3) is 5.76 Å². The van der Waals surface area contributed by atoms with Crippen LogP contribution in [0.1, 0.15) is 17.3 Å². The second kappa shape index (κ2) is 8.39. The highest BCUT2D eigenvalue weighted by Crippen LogP contribution is 2.42. The number of anilines is 1. The molecule has 0 saturated carbocycles. The number of aliphatic hydroxyl groups is 1. The Morgan fingerprint density at radius 3 is 2.53 bits per heavy atom. The number of Topliss-reactive ketones (excluding diaryl/α,β-unsaturated/α-hetero) is 1. The highest BCUT2D eigenvalue weighted by molar-refractivity contribution is 6.52. The van der Waals surface area contributed by atoms with Crippen LogP contribution in [-0.4, -0.2) is 28.9 Å². The van der Waals surface area contributed by atoms with Gasteiger partial charge in [0.1, 0.15) is 17.6 Å². The zero-order chi connectivity index (χ0) is 23.0. The summed E-state index contributed by atoms with van der Waals surface area (Å²) in [5.74, 6) is -4.55. The van der Waals surface area contributed by atoms with Crippen LogP contribution in [0.4, 0.5) is 14.5 Å². The van der Waals surface area contributed by atoms with Crippen molar-refractivity contribution < 1.29 is 28.2 Å². The maximum atomic E-state index is 13.9. The highest BCUT2D eigenvalue weighted by Gasteiger charge is 2.48. The predicted molar refractivity (Wildman–Crippen MR) is 113 cm³/mol. The average Bonchev–Trinajstić information content (AvgIpc) is 3.07. The van der Waals surface area contributed by atoms with E-state index in [2.05, 4.69) is 4.98 Å². The SMILES string of the molecule is COc1ccc(Cl)c(/C(O)=C2\C(=O)C(=O)N(c3ccc(F)c(F)c3)C2c2ccccn2)c1. The lowest BCUT2D eigenvalue weighted by atomic mass is 9.98.